The van der Waals surface area contributed by atoms with E-state index in [1.54, 1.807) is 0 Å². The highest BCUT2D eigenvalue weighted by Gasteiger charge is 1.97. The number of nitrogens with two attached hydrogens (primary N) is 1. The van der Waals surface area contributed by atoms with Crippen molar-refractivity contribution >= 4 is 0 Å². The summed E-state index contributed by atoms with van der Waals surface area (Å²) < 4.78 is 5.45. The molecule has 1 unspecified atom stereocenters. The van der Waals surface area contributed by atoms with Gasteiger partial charge in [0, 0.05) is 6.61 Å². The number of hydrogen-bond donors (Lipinski definition) is 1. The van der Waals surface area contributed by atoms with Crippen LogP contribution >= 0.6 is 0 Å². The van der Waals surface area contributed by atoms with E-state index in [4.69, 9.17) is 10.5 Å². The largest absolute Gasteiger partial charge is 0.364 e. The van der Waals surface area contributed by atoms with Gasteiger partial charge < -0.3 is 10.5 Å². The quantitative estimate of drug-likeness (QED) is 0.268. The summed E-state index contributed by atoms with van der Waals surface area (Å²) in [7, 11) is 0. The Morgan fingerprint density at radius 3 is 2.05 bits per heavy atom. The zero-order chi connectivity index (χ0) is 14.2. The van der Waals surface area contributed by atoms with Crippen molar-refractivity contribution in [3.8, 4) is 0 Å². The van der Waals surface area contributed by atoms with Crippen LogP contribution < -0.4 is 5.73 Å². The Bertz CT molecular complexity index is 192. The van der Waals surface area contributed by atoms with Crippen LogP contribution in [-0.2, 0) is 4.74 Å². The number of rotatable bonds is 14. The summed E-state index contributed by atoms with van der Waals surface area (Å²) in [6, 6.07) is 0. The van der Waals surface area contributed by atoms with E-state index < -0.39 is 0 Å². The molecule has 1 atom stereocenters. The minimum absolute atomic E-state index is 0.0560. The summed E-state index contributed by atoms with van der Waals surface area (Å²) in [4.78, 5) is 0. The Labute approximate surface area is 120 Å². The lowest BCUT2D eigenvalue weighted by Crippen LogP contribution is -2.22. The lowest BCUT2D eigenvalue weighted by molar-refractivity contribution is 0.0526. The second kappa shape index (κ2) is 15.7. The average molecular weight is 269 g/mol. The molecule has 2 N–H and O–H groups in total. The molecular weight excluding hydrogens is 234 g/mol. The van der Waals surface area contributed by atoms with E-state index in [2.05, 4.69) is 26.0 Å². The Balaban J connectivity index is 3.04. The average Bonchev–Trinajstić information content (AvgIpc) is 2.43. The smallest absolute Gasteiger partial charge is 0.105 e. The molecule has 0 rings (SSSR count). The minimum atomic E-state index is -0.0560. The molecule has 0 bridgehead atoms. The van der Waals surface area contributed by atoms with Gasteiger partial charge in [-0.05, 0) is 32.1 Å². The van der Waals surface area contributed by atoms with Crippen LogP contribution in [0.25, 0.3) is 0 Å². The van der Waals surface area contributed by atoms with E-state index in [0.29, 0.717) is 0 Å². The third kappa shape index (κ3) is 15.6. The highest BCUT2D eigenvalue weighted by atomic mass is 16.5. The van der Waals surface area contributed by atoms with E-state index in [0.717, 1.165) is 19.4 Å². The molecule has 0 heterocycles. The summed E-state index contributed by atoms with van der Waals surface area (Å²) in [6.07, 6.45) is 18.6. The summed E-state index contributed by atoms with van der Waals surface area (Å²) in [6.45, 7) is 5.13. The first kappa shape index (κ1) is 18.7. The van der Waals surface area contributed by atoms with Crippen LogP contribution in [0.1, 0.15) is 84.5 Å². The highest BCUT2D eigenvalue weighted by Crippen LogP contribution is 2.08. The predicted molar refractivity (Wildman–Crippen MR) is 85.2 cm³/mol. The summed E-state index contributed by atoms with van der Waals surface area (Å²) in [5, 5.41) is 0. The molecule has 2 nitrogen and oxygen atoms in total. The Hall–Kier alpha value is -0.340. The Morgan fingerprint density at radius 1 is 0.842 bits per heavy atom. The van der Waals surface area contributed by atoms with Crippen LogP contribution in [0.2, 0.25) is 0 Å². The van der Waals surface area contributed by atoms with Gasteiger partial charge in [0.1, 0.15) is 6.23 Å². The topological polar surface area (TPSA) is 35.2 Å². The first-order chi connectivity index (χ1) is 9.31. The highest BCUT2D eigenvalue weighted by molar-refractivity contribution is 4.81. The van der Waals surface area contributed by atoms with E-state index in [9.17, 15) is 0 Å². The normalized spacial score (nSPS) is 13.2. The monoisotopic (exact) mass is 269 g/mol. The van der Waals surface area contributed by atoms with E-state index in [-0.39, 0.29) is 6.23 Å². The molecule has 0 aromatic rings. The van der Waals surface area contributed by atoms with Gasteiger partial charge in [0.2, 0.25) is 0 Å². The van der Waals surface area contributed by atoms with E-state index >= 15 is 0 Å². The SMILES string of the molecule is CCCC/C=C\CCCCCCCCOC(N)CC. The molecule has 0 saturated heterocycles. The van der Waals surface area contributed by atoms with Crippen molar-refractivity contribution < 1.29 is 4.74 Å². The van der Waals surface area contributed by atoms with Gasteiger partial charge >= 0.3 is 0 Å². The molecule has 0 radical (unpaired) electrons. The van der Waals surface area contributed by atoms with Crippen molar-refractivity contribution in [1.29, 1.82) is 0 Å². The van der Waals surface area contributed by atoms with Crippen LogP contribution in [0.15, 0.2) is 12.2 Å². The molecule has 19 heavy (non-hydrogen) atoms. The third-order valence-electron chi connectivity index (χ3n) is 3.39. The maximum atomic E-state index is 5.68. The molecule has 0 aromatic heterocycles. The number of unbranched alkanes of at least 4 members (excludes halogenated alkanes) is 8. The fourth-order valence-corrected chi connectivity index (χ4v) is 1.98. The second-order valence-corrected chi connectivity index (χ2v) is 5.34. The van der Waals surface area contributed by atoms with Crippen molar-refractivity contribution in [3.05, 3.63) is 12.2 Å². The molecule has 0 aliphatic carbocycles. The minimum Gasteiger partial charge on any atom is -0.364 e. The molecule has 0 spiro atoms. The van der Waals surface area contributed by atoms with Gasteiger partial charge in [-0.1, -0.05) is 64.5 Å². The van der Waals surface area contributed by atoms with Gasteiger partial charge in [-0.15, -0.1) is 0 Å². The summed E-state index contributed by atoms with van der Waals surface area (Å²) >= 11 is 0. The molecule has 0 fully saturated rings. The molecular formula is C17H35NO. The lowest BCUT2D eigenvalue weighted by Gasteiger charge is -2.09. The van der Waals surface area contributed by atoms with Crippen LogP contribution in [0.4, 0.5) is 0 Å². The maximum Gasteiger partial charge on any atom is 0.105 e. The van der Waals surface area contributed by atoms with E-state index in [1.807, 2.05) is 0 Å². The predicted octanol–water partition coefficient (Wildman–Crippen LogP) is 5.17. The molecule has 0 saturated carbocycles. The zero-order valence-corrected chi connectivity index (χ0v) is 13.2. The van der Waals surface area contributed by atoms with Gasteiger partial charge in [0.15, 0.2) is 0 Å². The summed E-state index contributed by atoms with van der Waals surface area (Å²) in [5.41, 5.74) is 5.68. The molecule has 0 aliphatic rings. The van der Waals surface area contributed by atoms with Crippen molar-refractivity contribution in [2.75, 3.05) is 6.61 Å². The first-order valence-electron chi connectivity index (χ1n) is 8.33. The molecule has 0 aromatic carbocycles. The fourth-order valence-electron chi connectivity index (χ4n) is 1.98. The third-order valence-corrected chi connectivity index (χ3v) is 3.39. The van der Waals surface area contributed by atoms with Gasteiger partial charge in [0.05, 0.1) is 0 Å². The first-order valence-corrected chi connectivity index (χ1v) is 8.33. The molecule has 114 valence electrons. The standard InChI is InChI=1S/C17H35NO/c1-3-5-6-7-8-9-10-11-12-13-14-15-16-19-17(18)4-2/h7-8,17H,3-6,9-16,18H2,1-2H3/b8-7-. The van der Waals surface area contributed by atoms with Crippen molar-refractivity contribution in [2.24, 2.45) is 5.73 Å². The molecule has 2 heteroatoms. The second-order valence-electron chi connectivity index (χ2n) is 5.34. The molecule has 0 amide bonds. The van der Waals surface area contributed by atoms with Crippen molar-refractivity contribution in [2.45, 2.75) is 90.7 Å². The van der Waals surface area contributed by atoms with Crippen LogP contribution in [0, 0.1) is 0 Å². The fraction of sp³-hybridized carbons (Fsp3) is 0.882. The molecule has 0 aliphatic heterocycles. The van der Waals surface area contributed by atoms with Gasteiger partial charge in [-0.3, -0.25) is 0 Å². The Kier molecular flexibility index (Phi) is 15.4. The van der Waals surface area contributed by atoms with Crippen LogP contribution in [0.3, 0.4) is 0 Å². The van der Waals surface area contributed by atoms with Crippen molar-refractivity contribution in [3.63, 3.8) is 0 Å². The number of ether oxygens (including phenoxy) is 1. The lowest BCUT2D eigenvalue weighted by atomic mass is 10.1. The van der Waals surface area contributed by atoms with Crippen LogP contribution in [0.5, 0.6) is 0 Å². The Morgan fingerprint density at radius 2 is 1.42 bits per heavy atom. The van der Waals surface area contributed by atoms with Crippen molar-refractivity contribution in [1.82, 2.24) is 0 Å². The van der Waals surface area contributed by atoms with Crippen LogP contribution in [-0.4, -0.2) is 12.8 Å². The van der Waals surface area contributed by atoms with E-state index in [1.165, 1.54) is 57.8 Å². The van der Waals surface area contributed by atoms with Gasteiger partial charge in [0.25, 0.3) is 0 Å². The van der Waals surface area contributed by atoms with Gasteiger partial charge in [-0.25, -0.2) is 0 Å². The number of hydrogen-bond acceptors (Lipinski definition) is 2. The van der Waals surface area contributed by atoms with Gasteiger partial charge in [-0.2, -0.15) is 0 Å². The maximum absolute atomic E-state index is 5.68. The number of allylic oxidation sites excluding steroid dienone is 2. The summed E-state index contributed by atoms with van der Waals surface area (Å²) in [5.74, 6) is 0. The zero-order valence-electron chi connectivity index (χ0n) is 13.2.